The van der Waals surface area contributed by atoms with E-state index in [1.165, 1.54) is 0 Å². The van der Waals surface area contributed by atoms with E-state index < -0.39 is 0 Å². The summed E-state index contributed by atoms with van der Waals surface area (Å²) in [6.45, 7) is 7.88. The number of aryl methyl sites for hydroxylation is 1. The standard InChI is InChI=1S/C16H23N3OS/c1-11-18-13-7-6-12(8-14(13)21-11)15(20)17-9-16(2,3)10-19(4)5/h6-8H,9-10H2,1-5H3,(H,17,20). The van der Waals surface area contributed by atoms with Crippen molar-refractivity contribution in [2.75, 3.05) is 27.2 Å². The van der Waals surface area contributed by atoms with Gasteiger partial charge in [-0.05, 0) is 44.6 Å². The number of carbonyl (C=O) groups is 1. The molecule has 1 aromatic heterocycles. The molecule has 5 heteroatoms. The predicted octanol–water partition coefficient (Wildman–Crippen LogP) is 2.92. The monoisotopic (exact) mass is 305 g/mol. The number of hydrogen-bond acceptors (Lipinski definition) is 4. The molecule has 21 heavy (non-hydrogen) atoms. The first-order valence-corrected chi connectivity index (χ1v) is 7.89. The van der Waals surface area contributed by atoms with Crippen LogP contribution in [0.15, 0.2) is 18.2 Å². The van der Waals surface area contributed by atoms with E-state index in [1.807, 2.05) is 39.2 Å². The zero-order valence-electron chi connectivity index (χ0n) is 13.4. The number of hydrogen-bond donors (Lipinski definition) is 1. The number of amides is 1. The molecule has 1 N–H and O–H groups in total. The number of fused-ring (bicyclic) bond motifs is 1. The van der Waals surface area contributed by atoms with Gasteiger partial charge in [0.2, 0.25) is 0 Å². The molecule has 1 amide bonds. The van der Waals surface area contributed by atoms with Gasteiger partial charge in [0.25, 0.3) is 5.91 Å². The summed E-state index contributed by atoms with van der Waals surface area (Å²) >= 11 is 1.62. The van der Waals surface area contributed by atoms with Crippen LogP contribution >= 0.6 is 11.3 Å². The smallest absolute Gasteiger partial charge is 0.251 e. The normalized spacial score (nSPS) is 12.1. The highest BCUT2D eigenvalue weighted by Crippen LogP contribution is 2.22. The zero-order valence-corrected chi connectivity index (χ0v) is 14.2. The second-order valence-corrected chi connectivity index (χ2v) is 7.73. The minimum absolute atomic E-state index is 0.0187. The van der Waals surface area contributed by atoms with Crippen LogP contribution in [-0.4, -0.2) is 43.0 Å². The molecule has 4 nitrogen and oxygen atoms in total. The Labute approximate surface area is 130 Å². The van der Waals surface area contributed by atoms with Crippen molar-refractivity contribution < 1.29 is 4.79 Å². The fraction of sp³-hybridized carbons (Fsp3) is 0.500. The summed E-state index contributed by atoms with van der Waals surface area (Å²) < 4.78 is 1.06. The Kier molecular flexibility index (Phi) is 4.64. The molecule has 0 spiro atoms. The number of nitrogens with zero attached hydrogens (tertiary/aromatic N) is 2. The molecule has 0 saturated heterocycles. The Morgan fingerprint density at radius 3 is 2.76 bits per heavy atom. The van der Waals surface area contributed by atoms with Gasteiger partial charge in [-0.2, -0.15) is 0 Å². The summed E-state index contributed by atoms with van der Waals surface area (Å²) in [5.41, 5.74) is 1.71. The maximum Gasteiger partial charge on any atom is 0.251 e. The number of rotatable bonds is 5. The molecule has 1 aromatic carbocycles. The molecule has 2 rings (SSSR count). The van der Waals surface area contributed by atoms with Gasteiger partial charge >= 0.3 is 0 Å². The van der Waals surface area contributed by atoms with Crippen LogP contribution in [0, 0.1) is 12.3 Å². The van der Waals surface area contributed by atoms with Gasteiger partial charge in [0, 0.05) is 18.7 Å². The number of carbonyl (C=O) groups excluding carboxylic acids is 1. The SMILES string of the molecule is Cc1nc2ccc(C(=O)NCC(C)(C)CN(C)C)cc2s1. The van der Waals surface area contributed by atoms with Crippen LogP contribution in [-0.2, 0) is 0 Å². The van der Waals surface area contributed by atoms with Crippen molar-refractivity contribution >= 4 is 27.5 Å². The number of nitrogens with one attached hydrogen (secondary N) is 1. The van der Waals surface area contributed by atoms with Crippen molar-refractivity contribution in [1.82, 2.24) is 15.2 Å². The van der Waals surface area contributed by atoms with Crippen LogP contribution in [0.2, 0.25) is 0 Å². The zero-order chi connectivity index (χ0) is 15.6. The predicted molar refractivity (Wildman–Crippen MR) is 89.0 cm³/mol. The highest BCUT2D eigenvalue weighted by molar-refractivity contribution is 7.18. The van der Waals surface area contributed by atoms with Crippen LogP contribution in [0.1, 0.15) is 29.2 Å². The first-order chi connectivity index (χ1) is 9.77. The quantitative estimate of drug-likeness (QED) is 0.924. The lowest BCUT2D eigenvalue weighted by molar-refractivity contribution is 0.0929. The largest absolute Gasteiger partial charge is 0.351 e. The molecule has 0 aliphatic rings. The highest BCUT2D eigenvalue weighted by Gasteiger charge is 2.20. The van der Waals surface area contributed by atoms with E-state index in [4.69, 9.17) is 0 Å². The molecular formula is C16H23N3OS. The van der Waals surface area contributed by atoms with Crippen molar-refractivity contribution in [1.29, 1.82) is 0 Å². The molecule has 0 unspecified atom stereocenters. The lowest BCUT2D eigenvalue weighted by atomic mass is 9.93. The molecule has 0 atom stereocenters. The molecule has 1 heterocycles. The number of benzene rings is 1. The summed E-state index contributed by atoms with van der Waals surface area (Å²) in [5.74, 6) is -0.0187. The third kappa shape index (κ3) is 4.25. The number of aromatic nitrogens is 1. The molecule has 0 radical (unpaired) electrons. The van der Waals surface area contributed by atoms with Crippen LogP contribution in [0.4, 0.5) is 0 Å². The van der Waals surface area contributed by atoms with Gasteiger partial charge in [0.1, 0.15) is 0 Å². The molecule has 2 aromatic rings. The fourth-order valence-electron chi connectivity index (χ4n) is 2.51. The van der Waals surface area contributed by atoms with Crippen molar-refractivity contribution in [3.8, 4) is 0 Å². The summed E-state index contributed by atoms with van der Waals surface area (Å²) in [5, 5.41) is 4.06. The minimum atomic E-state index is -0.0187. The second kappa shape index (κ2) is 6.12. The molecular weight excluding hydrogens is 282 g/mol. The van der Waals surface area contributed by atoms with E-state index >= 15 is 0 Å². The Morgan fingerprint density at radius 2 is 2.10 bits per heavy atom. The van der Waals surface area contributed by atoms with Crippen LogP contribution in [0.25, 0.3) is 10.2 Å². The van der Waals surface area contributed by atoms with Gasteiger partial charge in [-0.1, -0.05) is 13.8 Å². The van der Waals surface area contributed by atoms with E-state index in [-0.39, 0.29) is 11.3 Å². The summed E-state index contributed by atoms with van der Waals surface area (Å²) in [6, 6.07) is 5.68. The van der Waals surface area contributed by atoms with Crippen LogP contribution in [0.5, 0.6) is 0 Å². The van der Waals surface area contributed by atoms with E-state index in [0.717, 1.165) is 21.8 Å². The third-order valence-corrected chi connectivity index (χ3v) is 4.16. The molecule has 114 valence electrons. The van der Waals surface area contributed by atoms with Crippen molar-refractivity contribution in [2.45, 2.75) is 20.8 Å². The Hall–Kier alpha value is -1.46. The Morgan fingerprint density at radius 1 is 1.38 bits per heavy atom. The molecule has 0 aliphatic heterocycles. The van der Waals surface area contributed by atoms with Crippen molar-refractivity contribution in [3.05, 3.63) is 28.8 Å². The highest BCUT2D eigenvalue weighted by atomic mass is 32.1. The lowest BCUT2D eigenvalue weighted by Crippen LogP contribution is -2.39. The van der Waals surface area contributed by atoms with Gasteiger partial charge in [0.15, 0.2) is 0 Å². The maximum absolute atomic E-state index is 12.3. The van der Waals surface area contributed by atoms with E-state index in [1.54, 1.807) is 11.3 Å². The first-order valence-electron chi connectivity index (χ1n) is 7.07. The number of thiazole rings is 1. The Balaban J connectivity index is 2.05. The maximum atomic E-state index is 12.3. The van der Waals surface area contributed by atoms with Crippen LogP contribution < -0.4 is 5.32 Å². The first kappa shape index (κ1) is 15.9. The van der Waals surface area contributed by atoms with Crippen molar-refractivity contribution in [3.63, 3.8) is 0 Å². The molecule has 0 aliphatic carbocycles. The van der Waals surface area contributed by atoms with Gasteiger partial charge in [-0.15, -0.1) is 11.3 Å². The van der Waals surface area contributed by atoms with E-state index in [2.05, 4.69) is 29.0 Å². The third-order valence-electron chi connectivity index (χ3n) is 3.23. The van der Waals surface area contributed by atoms with E-state index in [0.29, 0.717) is 12.1 Å². The topological polar surface area (TPSA) is 45.2 Å². The summed E-state index contributed by atoms with van der Waals surface area (Å²) in [4.78, 5) is 18.8. The van der Waals surface area contributed by atoms with Gasteiger partial charge < -0.3 is 10.2 Å². The fourth-order valence-corrected chi connectivity index (χ4v) is 3.38. The second-order valence-electron chi connectivity index (χ2n) is 6.50. The van der Waals surface area contributed by atoms with Crippen LogP contribution in [0.3, 0.4) is 0 Å². The van der Waals surface area contributed by atoms with E-state index in [9.17, 15) is 4.79 Å². The molecule has 0 bridgehead atoms. The summed E-state index contributed by atoms with van der Waals surface area (Å²) in [6.07, 6.45) is 0. The Bertz CT molecular complexity index is 646. The lowest BCUT2D eigenvalue weighted by Gasteiger charge is -2.28. The van der Waals surface area contributed by atoms with Crippen molar-refractivity contribution in [2.24, 2.45) is 5.41 Å². The van der Waals surface area contributed by atoms with Gasteiger partial charge in [0.05, 0.1) is 15.2 Å². The average Bonchev–Trinajstić information content (AvgIpc) is 2.73. The summed E-state index contributed by atoms with van der Waals surface area (Å²) in [7, 11) is 4.09. The van der Waals surface area contributed by atoms with Gasteiger partial charge in [-0.25, -0.2) is 4.98 Å². The molecule has 0 fully saturated rings. The minimum Gasteiger partial charge on any atom is -0.351 e. The molecule has 0 saturated carbocycles. The van der Waals surface area contributed by atoms with Gasteiger partial charge in [-0.3, -0.25) is 4.79 Å². The average molecular weight is 305 g/mol.